The van der Waals surface area contributed by atoms with Crippen LogP contribution in [-0.4, -0.2) is 0 Å². The number of allylic oxidation sites excluding steroid dienone is 1. The third kappa shape index (κ3) is 3.57. The molecule has 0 aromatic rings. The molecule has 3 radical (unpaired) electrons. The fourth-order valence-electron chi connectivity index (χ4n) is 0.311. The molecule has 0 saturated carbocycles. The molecule has 0 atom stereocenters. The molecule has 0 unspecified atom stereocenters. The van der Waals surface area contributed by atoms with Crippen LogP contribution in [0.25, 0.3) is 0 Å². The summed E-state index contributed by atoms with van der Waals surface area (Å²) >= 11 is 0. The lowest BCUT2D eigenvalue weighted by Crippen LogP contribution is -1.84. The Kier molecular flexibility index (Phi) is 3.77. The summed E-state index contributed by atoms with van der Waals surface area (Å²) in [4.78, 5) is 0. The zero-order valence-electron chi connectivity index (χ0n) is 4.78. The van der Waals surface area contributed by atoms with Gasteiger partial charge in [-0.15, -0.1) is 6.58 Å². The smallest absolute Gasteiger partial charge is 0.0201 e. The third-order valence-electron chi connectivity index (χ3n) is 0.815. The highest BCUT2D eigenvalue weighted by molar-refractivity contribution is 5.04. The van der Waals surface area contributed by atoms with Crippen LogP contribution in [0.4, 0.5) is 0 Å². The molecule has 0 nitrogen and oxygen atoms in total. The monoisotopic (exact) mass is 95.1 g/mol. The van der Waals surface area contributed by atoms with Crippen molar-refractivity contribution in [3.8, 4) is 0 Å². The van der Waals surface area contributed by atoms with Crippen LogP contribution < -0.4 is 0 Å². The van der Waals surface area contributed by atoms with Gasteiger partial charge in [0.15, 0.2) is 0 Å². The maximum Gasteiger partial charge on any atom is -0.0201 e. The Balaban J connectivity index is 2.98. The van der Waals surface area contributed by atoms with Crippen molar-refractivity contribution in [2.75, 3.05) is 0 Å². The zero-order valence-corrected chi connectivity index (χ0v) is 4.78. The molecule has 0 aliphatic rings. The Morgan fingerprint density at radius 3 is 2.43 bits per heavy atom. The lowest BCUT2D eigenvalue weighted by atomic mass is 10.1. The molecule has 0 amide bonds. The van der Waals surface area contributed by atoms with Crippen LogP contribution in [0.2, 0.25) is 0 Å². The van der Waals surface area contributed by atoms with Gasteiger partial charge in [0.05, 0.1) is 0 Å². The van der Waals surface area contributed by atoms with Crippen LogP contribution in [0.15, 0.2) is 12.7 Å². The van der Waals surface area contributed by atoms with E-state index in [0.29, 0.717) is 0 Å². The van der Waals surface area contributed by atoms with Gasteiger partial charge >= 0.3 is 0 Å². The summed E-state index contributed by atoms with van der Waals surface area (Å²) in [5.41, 5.74) is 0. The predicted molar refractivity (Wildman–Crippen MR) is 33.4 cm³/mol. The van der Waals surface area contributed by atoms with Gasteiger partial charge < -0.3 is 0 Å². The number of hydrogen-bond acceptors (Lipinski definition) is 0. The Morgan fingerprint density at radius 2 is 2.29 bits per heavy atom. The number of hydrogen-bond donors (Lipinski definition) is 0. The van der Waals surface area contributed by atoms with E-state index < -0.39 is 0 Å². The first-order chi connectivity index (χ1) is 3.31. The molecule has 0 aliphatic carbocycles. The molecule has 0 rings (SSSR count). The van der Waals surface area contributed by atoms with Crippen molar-refractivity contribution in [2.24, 2.45) is 0 Å². The van der Waals surface area contributed by atoms with E-state index in [9.17, 15) is 0 Å². The van der Waals surface area contributed by atoms with Crippen molar-refractivity contribution in [2.45, 2.75) is 13.3 Å². The maximum absolute atomic E-state index is 3.59. The van der Waals surface area contributed by atoms with Gasteiger partial charge in [0.1, 0.15) is 0 Å². The van der Waals surface area contributed by atoms with Crippen molar-refractivity contribution in [1.82, 2.24) is 0 Å². The van der Waals surface area contributed by atoms with Gasteiger partial charge in [-0.2, -0.15) is 0 Å². The van der Waals surface area contributed by atoms with Gasteiger partial charge in [-0.3, -0.25) is 0 Å². The first kappa shape index (κ1) is 6.74. The number of rotatable bonds is 3. The van der Waals surface area contributed by atoms with Crippen molar-refractivity contribution >= 4 is 0 Å². The summed E-state index contributed by atoms with van der Waals surface area (Å²) in [5, 5.41) is 0. The molecule has 0 spiro atoms. The fourth-order valence-corrected chi connectivity index (χ4v) is 0.311. The molecular weight excluding hydrogens is 84.1 g/mol. The summed E-state index contributed by atoms with van der Waals surface area (Å²) in [6, 6.07) is 0. The van der Waals surface area contributed by atoms with Crippen LogP contribution in [0, 0.1) is 19.3 Å². The summed E-state index contributed by atoms with van der Waals surface area (Å²) in [7, 11) is 0. The molecule has 39 valence electrons. The minimum absolute atomic E-state index is 0.962. The van der Waals surface area contributed by atoms with Gasteiger partial charge in [0.2, 0.25) is 0 Å². The fraction of sp³-hybridized carbons (Fsp3) is 0.286. The van der Waals surface area contributed by atoms with Crippen molar-refractivity contribution < 1.29 is 0 Å². The average Bonchev–Trinajstić information content (AvgIpc) is 1.68. The lowest BCUT2D eigenvalue weighted by molar-refractivity contribution is 1.03. The molecule has 0 aromatic carbocycles. The van der Waals surface area contributed by atoms with Gasteiger partial charge in [0.25, 0.3) is 0 Å². The highest BCUT2D eigenvalue weighted by Gasteiger charge is 1.92. The summed E-state index contributed by atoms with van der Waals surface area (Å²) in [6.45, 7) is 9.21. The molecule has 0 fully saturated rings. The second kappa shape index (κ2) is 3.91. The molecule has 0 saturated heterocycles. The average molecular weight is 95.2 g/mol. The Labute approximate surface area is 46.2 Å². The van der Waals surface area contributed by atoms with Crippen molar-refractivity contribution in [3.63, 3.8) is 0 Å². The maximum atomic E-state index is 3.59. The lowest BCUT2D eigenvalue weighted by Gasteiger charge is -1.98. The zero-order chi connectivity index (χ0) is 5.70. The van der Waals surface area contributed by atoms with E-state index >= 15 is 0 Å². The first-order valence-electron chi connectivity index (χ1n) is 2.37. The SMILES string of the molecule is [CH2][CH][C](C)CC=C. The molecule has 0 heteroatoms. The quantitative estimate of drug-likeness (QED) is 0.471. The van der Waals surface area contributed by atoms with Gasteiger partial charge in [-0.05, 0) is 25.7 Å². The second-order valence-electron chi connectivity index (χ2n) is 1.54. The Hall–Kier alpha value is -0.260. The third-order valence-corrected chi connectivity index (χ3v) is 0.815. The standard InChI is InChI=1S/C7H11/c1-4-6-7(3)5-2/h4-5H,1-2,6H2,3H3. The van der Waals surface area contributed by atoms with E-state index in [1.165, 1.54) is 5.92 Å². The predicted octanol–water partition coefficient (Wildman–Crippen LogP) is 2.20. The Morgan fingerprint density at radius 1 is 1.71 bits per heavy atom. The van der Waals surface area contributed by atoms with Crippen LogP contribution >= 0.6 is 0 Å². The molecule has 7 heavy (non-hydrogen) atoms. The van der Waals surface area contributed by atoms with E-state index in [1.807, 2.05) is 19.4 Å². The molecule has 0 bridgehead atoms. The topological polar surface area (TPSA) is 0 Å². The largest absolute Gasteiger partial charge is 0.103 e. The summed E-state index contributed by atoms with van der Waals surface area (Å²) < 4.78 is 0. The molecular formula is C7H11. The second-order valence-corrected chi connectivity index (χ2v) is 1.54. The molecule has 0 heterocycles. The molecule has 0 aliphatic heterocycles. The minimum atomic E-state index is 0.962. The van der Waals surface area contributed by atoms with E-state index in [1.54, 1.807) is 0 Å². The summed E-state index contributed by atoms with van der Waals surface area (Å²) in [6.07, 6.45) is 4.68. The van der Waals surface area contributed by atoms with E-state index in [4.69, 9.17) is 0 Å². The van der Waals surface area contributed by atoms with E-state index in [-0.39, 0.29) is 0 Å². The highest BCUT2D eigenvalue weighted by Crippen LogP contribution is 2.06. The van der Waals surface area contributed by atoms with Gasteiger partial charge in [0, 0.05) is 0 Å². The van der Waals surface area contributed by atoms with Crippen molar-refractivity contribution in [3.05, 3.63) is 31.9 Å². The van der Waals surface area contributed by atoms with Crippen LogP contribution in [0.5, 0.6) is 0 Å². The van der Waals surface area contributed by atoms with Crippen molar-refractivity contribution in [1.29, 1.82) is 0 Å². The van der Waals surface area contributed by atoms with E-state index in [0.717, 1.165) is 6.42 Å². The first-order valence-corrected chi connectivity index (χ1v) is 2.37. The molecule has 0 aromatic heterocycles. The summed E-state index contributed by atoms with van der Waals surface area (Å²) in [5.74, 6) is 1.27. The minimum Gasteiger partial charge on any atom is -0.103 e. The van der Waals surface area contributed by atoms with Crippen LogP contribution in [-0.2, 0) is 0 Å². The highest BCUT2D eigenvalue weighted by atomic mass is 14.0. The Bertz CT molecular complexity index is 46.0. The molecule has 0 N–H and O–H groups in total. The normalized spacial score (nSPS) is 9.57. The van der Waals surface area contributed by atoms with E-state index in [2.05, 4.69) is 13.5 Å². The van der Waals surface area contributed by atoms with Gasteiger partial charge in [-0.1, -0.05) is 13.0 Å². The van der Waals surface area contributed by atoms with Crippen LogP contribution in [0.3, 0.4) is 0 Å². The van der Waals surface area contributed by atoms with Crippen LogP contribution in [0.1, 0.15) is 13.3 Å². The van der Waals surface area contributed by atoms with Gasteiger partial charge in [-0.25, -0.2) is 0 Å².